The molecule has 0 spiro atoms. The van der Waals surface area contributed by atoms with Crippen molar-refractivity contribution in [1.29, 1.82) is 0 Å². The zero-order chi connectivity index (χ0) is 25.0. The van der Waals surface area contributed by atoms with Gasteiger partial charge in [-0.2, -0.15) is 0 Å². The number of rotatable bonds is 5. The molecule has 8 heteroatoms. The zero-order valence-electron chi connectivity index (χ0n) is 21.2. The first-order valence-corrected chi connectivity index (χ1v) is 15.1. The van der Waals surface area contributed by atoms with Gasteiger partial charge in [0.25, 0.3) is 0 Å². The Balaban J connectivity index is 1.18. The molecule has 2 saturated heterocycles. The van der Waals surface area contributed by atoms with E-state index in [4.69, 9.17) is 0 Å². The quantitative estimate of drug-likeness (QED) is 0.503. The molecular formula is C28H35FN4O2S. The minimum absolute atomic E-state index is 0.169. The number of halogens is 1. The topological polar surface area (TPSA) is 58.4 Å². The van der Waals surface area contributed by atoms with Gasteiger partial charge in [0.2, 0.25) is 0 Å². The highest BCUT2D eigenvalue weighted by Gasteiger charge is 2.35. The van der Waals surface area contributed by atoms with Crippen molar-refractivity contribution in [3.05, 3.63) is 47.8 Å². The van der Waals surface area contributed by atoms with Crippen LogP contribution in [0, 0.1) is 5.82 Å². The lowest BCUT2D eigenvalue weighted by molar-refractivity contribution is 0.0841. The summed E-state index contributed by atoms with van der Waals surface area (Å²) in [5.41, 5.74) is 2.71. The lowest BCUT2D eigenvalue weighted by Gasteiger charge is -2.42. The largest absolute Gasteiger partial charge is 0.325 e. The highest BCUT2D eigenvalue weighted by molar-refractivity contribution is 7.90. The van der Waals surface area contributed by atoms with E-state index in [0.717, 1.165) is 43.1 Å². The van der Waals surface area contributed by atoms with Crippen LogP contribution in [0.5, 0.6) is 0 Å². The van der Waals surface area contributed by atoms with Crippen LogP contribution >= 0.6 is 0 Å². The van der Waals surface area contributed by atoms with Gasteiger partial charge in [-0.1, -0.05) is 6.07 Å². The van der Waals surface area contributed by atoms with Crippen LogP contribution in [0.15, 0.2) is 41.3 Å². The standard InChI is InChI=1S/C28H35FN4O2S/c1-31-27-25(30-28(31)20-3-7-23(8-4-20)36(2,34)35)10-9-24(26(27)29)19-11-15-32(16-12-19)22-13-17-33(18-14-22)21-5-6-21/h3-4,7-10,19,21-22H,5-6,11-18H2,1-2H3. The van der Waals surface area contributed by atoms with Gasteiger partial charge in [-0.3, -0.25) is 0 Å². The molecule has 36 heavy (non-hydrogen) atoms. The van der Waals surface area contributed by atoms with Crippen molar-refractivity contribution in [2.75, 3.05) is 32.4 Å². The zero-order valence-corrected chi connectivity index (χ0v) is 22.0. The van der Waals surface area contributed by atoms with Gasteiger partial charge in [0.15, 0.2) is 15.7 Å². The third-order valence-corrected chi connectivity index (χ3v) is 9.72. The van der Waals surface area contributed by atoms with Crippen molar-refractivity contribution in [2.24, 2.45) is 7.05 Å². The molecule has 1 aromatic heterocycles. The second-order valence-electron chi connectivity index (χ2n) is 10.9. The molecule has 3 aromatic rings. The van der Waals surface area contributed by atoms with E-state index in [1.807, 2.05) is 19.2 Å². The molecule has 2 aromatic carbocycles. The second kappa shape index (κ2) is 9.23. The maximum absolute atomic E-state index is 15.9. The Morgan fingerprint density at radius 3 is 2.00 bits per heavy atom. The molecule has 0 atom stereocenters. The van der Waals surface area contributed by atoms with Crippen LogP contribution in [0.25, 0.3) is 22.4 Å². The van der Waals surface area contributed by atoms with Crippen LogP contribution in [0.1, 0.15) is 50.0 Å². The third-order valence-electron chi connectivity index (χ3n) is 8.59. The van der Waals surface area contributed by atoms with Crippen LogP contribution in [-0.2, 0) is 16.9 Å². The molecule has 0 amide bonds. The number of nitrogens with zero attached hydrogens (tertiary/aromatic N) is 4. The number of piperidine rings is 2. The van der Waals surface area contributed by atoms with Crippen molar-refractivity contribution >= 4 is 20.9 Å². The molecule has 3 heterocycles. The predicted molar refractivity (Wildman–Crippen MR) is 140 cm³/mol. The number of likely N-dealkylation sites (tertiary alicyclic amines) is 2. The fourth-order valence-electron chi connectivity index (χ4n) is 6.33. The van der Waals surface area contributed by atoms with E-state index in [1.54, 1.807) is 28.8 Å². The fourth-order valence-corrected chi connectivity index (χ4v) is 6.96. The van der Waals surface area contributed by atoms with Crippen LogP contribution in [0.2, 0.25) is 0 Å². The maximum atomic E-state index is 15.9. The summed E-state index contributed by atoms with van der Waals surface area (Å²) in [6, 6.07) is 12.0. The fraction of sp³-hybridized carbons (Fsp3) is 0.536. The van der Waals surface area contributed by atoms with E-state index in [9.17, 15) is 8.42 Å². The molecule has 0 N–H and O–H groups in total. The summed E-state index contributed by atoms with van der Waals surface area (Å²) in [6.45, 7) is 4.56. The Labute approximate surface area is 213 Å². The minimum atomic E-state index is -3.27. The van der Waals surface area contributed by atoms with Gasteiger partial charge in [-0.25, -0.2) is 17.8 Å². The second-order valence-corrected chi connectivity index (χ2v) is 13.0. The molecular weight excluding hydrogens is 475 g/mol. The first-order chi connectivity index (χ1) is 17.3. The molecule has 6 rings (SSSR count). The molecule has 3 fully saturated rings. The van der Waals surface area contributed by atoms with Crippen LogP contribution in [0.3, 0.4) is 0 Å². The summed E-state index contributed by atoms with van der Waals surface area (Å²) in [5.74, 6) is 0.691. The van der Waals surface area contributed by atoms with Crippen LogP contribution in [0.4, 0.5) is 4.39 Å². The van der Waals surface area contributed by atoms with Crippen molar-refractivity contribution < 1.29 is 12.8 Å². The molecule has 1 saturated carbocycles. The Kier molecular flexibility index (Phi) is 6.17. The molecule has 1 aliphatic carbocycles. The van der Waals surface area contributed by atoms with E-state index in [2.05, 4.69) is 14.8 Å². The molecule has 2 aliphatic heterocycles. The van der Waals surface area contributed by atoms with Gasteiger partial charge in [0.05, 0.1) is 10.4 Å². The van der Waals surface area contributed by atoms with Crippen LogP contribution < -0.4 is 0 Å². The Morgan fingerprint density at radius 2 is 1.42 bits per heavy atom. The van der Waals surface area contributed by atoms with Gasteiger partial charge in [0, 0.05) is 31.0 Å². The number of hydrogen-bond acceptors (Lipinski definition) is 5. The Morgan fingerprint density at radius 1 is 0.833 bits per heavy atom. The van der Waals surface area contributed by atoms with Crippen molar-refractivity contribution in [3.8, 4) is 11.4 Å². The van der Waals surface area contributed by atoms with E-state index in [0.29, 0.717) is 22.9 Å². The van der Waals surface area contributed by atoms with E-state index in [-0.39, 0.29) is 16.6 Å². The van der Waals surface area contributed by atoms with Crippen LogP contribution in [-0.4, -0.2) is 72.3 Å². The summed E-state index contributed by atoms with van der Waals surface area (Å²) in [4.78, 5) is 10.3. The molecule has 0 radical (unpaired) electrons. The minimum Gasteiger partial charge on any atom is -0.325 e. The third kappa shape index (κ3) is 4.48. The summed E-state index contributed by atoms with van der Waals surface area (Å²) in [6.07, 6.45) is 8.48. The van der Waals surface area contributed by atoms with Gasteiger partial charge in [-0.15, -0.1) is 0 Å². The molecule has 192 valence electrons. The number of sulfone groups is 1. The van der Waals surface area contributed by atoms with E-state index < -0.39 is 9.84 Å². The Hall–Kier alpha value is -2.29. The summed E-state index contributed by atoms with van der Waals surface area (Å²) >= 11 is 0. The smallest absolute Gasteiger partial charge is 0.175 e. The van der Waals surface area contributed by atoms with Crippen molar-refractivity contribution in [3.63, 3.8) is 0 Å². The van der Waals surface area contributed by atoms with Gasteiger partial charge < -0.3 is 14.4 Å². The monoisotopic (exact) mass is 510 g/mol. The number of aryl methyl sites for hydroxylation is 1. The molecule has 0 unspecified atom stereocenters. The average molecular weight is 511 g/mol. The highest BCUT2D eigenvalue weighted by atomic mass is 32.2. The van der Waals surface area contributed by atoms with Gasteiger partial charge in [-0.05, 0) is 107 Å². The normalized spacial score (nSPS) is 21.4. The van der Waals surface area contributed by atoms with E-state index >= 15 is 4.39 Å². The van der Waals surface area contributed by atoms with Crippen molar-refractivity contribution in [1.82, 2.24) is 19.4 Å². The molecule has 0 bridgehead atoms. The number of imidazole rings is 1. The first-order valence-electron chi connectivity index (χ1n) is 13.2. The summed E-state index contributed by atoms with van der Waals surface area (Å²) < 4.78 is 41.3. The SMILES string of the molecule is Cn1c(-c2ccc(S(C)(=O)=O)cc2)nc2ccc(C3CCN(C4CCN(C5CC5)CC4)CC3)c(F)c21. The Bertz CT molecular complexity index is 1360. The lowest BCUT2D eigenvalue weighted by Crippen LogP contribution is -2.48. The summed E-state index contributed by atoms with van der Waals surface area (Å²) in [5, 5.41) is 0. The van der Waals surface area contributed by atoms with Crippen molar-refractivity contribution in [2.45, 2.75) is 61.4 Å². The molecule has 6 nitrogen and oxygen atoms in total. The number of benzene rings is 2. The van der Waals surface area contributed by atoms with Gasteiger partial charge in [0.1, 0.15) is 11.3 Å². The highest BCUT2D eigenvalue weighted by Crippen LogP contribution is 2.36. The average Bonchev–Trinajstić information content (AvgIpc) is 3.67. The summed E-state index contributed by atoms with van der Waals surface area (Å²) in [7, 11) is -1.44. The maximum Gasteiger partial charge on any atom is 0.175 e. The predicted octanol–water partition coefficient (Wildman–Crippen LogP) is 4.59. The number of fused-ring (bicyclic) bond motifs is 1. The van der Waals surface area contributed by atoms with E-state index in [1.165, 1.54) is 45.0 Å². The lowest BCUT2D eigenvalue weighted by atomic mass is 9.87. The van der Waals surface area contributed by atoms with Gasteiger partial charge >= 0.3 is 0 Å². The molecule has 3 aliphatic rings. The number of aromatic nitrogens is 2. The first kappa shape index (κ1) is 24.1. The number of hydrogen-bond donors (Lipinski definition) is 0.